The van der Waals surface area contributed by atoms with E-state index in [0.717, 1.165) is 122 Å². The average molecular weight is 854 g/mol. The molecule has 0 N–H and O–H groups in total. The summed E-state index contributed by atoms with van der Waals surface area (Å²) in [6.07, 6.45) is 0. The first-order chi connectivity index (χ1) is 33.2. The standard InChI is InChI=1S/C63H39N3O/c1-4-17-40(18-5-1)41-31-33-43(34-32-41)56-39-55(42-19-6-2-7-20-42)65-63(66-56)50-36-35-47(48-25-10-11-26-49(48)50)45-23-16-24-46(37-45)59-60-51-27-12-14-29-54(51)64-62(44-21-8-3-9-22-44)53(60)38-58-61(59)52-28-13-15-30-57(52)67-58/h1-39H. The SMILES string of the molecule is c1ccc(-c2ccc(-c3cc(-c4ccccc4)nc(-c4ccc(-c5cccc(-c6c7c(cc8c(-c9ccccc9)nc9ccccc9c68)oc6ccccc67)c5)c5ccccc45)n3)cc2)cc1. The maximum Gasteiger partial charge on any atom is 0.161 e. The van der Waals surface area contributed by atoms with Crippen molar-refractivity contribution in [3.63, 3.8) is 0 Å². The Bertz CT molecular complexity index is 4010. The minimum atomic E-state index is 0.680. The summed E-state index contributed by atoms with van der Waals surface area (Å²) >= 11 is 0. The number of hydrogen-bond acceptors (Lipinski definition) is 4. The number of hydrogen-bond donors (Lipinski definition) is 0. The third kappa shape index (κ3) is 6.65. The van der Waals surface area contributed by atoms with Crippen LogP contribution < -0.4 is 0 Å². The number of pyridine rings is 1. The molecule has 10 aromatic carbocycles. The van der Waals surface area contributed by atoms with E-state index in [0.29, 0.717) is 5.82 Å². The maximum atomic E-state index is 6.71. The summed E-state index contributed by atoms with van der Waals surface area (Å²) in [5.74, 6) is 0.680. The molecule has 13 rings (SSSR count). The van der Waals surface area contributed by atoms with Gasteiger partial charge in [-0.15, -0.1) is 0 Å². The second kappa shape index (κ2) is 15.9. The molecule has 3 aromatic heterocycles. The summed E-state index contributed by atoms with van der Waals surface area (Å²) in [5.41, 5.74) is 16.2. The van der Waals surface area contributed by atoms with Crippen molar-refractivity contribution in [2.75, 3.05) is 0 Å². The quantitative estimate of drug-likeness (QED) is 0.150. The lowest BCUT2D eigenvalue weighted by molar-refractivity contribution is 0.669. The topological polar surface area (TPSA) is 51.8 Å². The van der Waals surface area contributed by atoms with Gasteiger partial charge >= 0.3 is 0 Å². The molecule has 13 aromatic rings. The molecule has 67 heavy (non-hydrogen) atoms. The molecule has 3 heterocycles. The number of furan rings is 1. The van der Waals surface area contributed by atoms with Gasteiger partial charge in [-0.25, -0.2) is 15.0 Å². The number of fused-ring (bicyclic) bond motifs is 7. The molecule has 0 bridgehead atoms. The van der Waals surface area contributed by atoms with Crippen LogP contribution in [-0.2, 0) is 0 Å². The zero-order valence-corrected chi connectivity index (χ0v) is 36.3. The molecule has 312 valence electrons. The van der Waals surface area contributed by atoms with Crippen LogP contribution in [0, 0.1) is 0 Å². The molecule has 0 aliphatic rings. The Morgan fingerprint density at radius 1 is 0.284 bits per heavy atom. The van der Waals surface area contributed by atoms with Crippen molar-refractivity contribution in [3.05, 3.63) is 237 Å². The van der Waals surface area contributed by atoms with Gasteiger partial charge in [-0.3, -0.25) is 0 Å². The Morgan fingerprint density at radius 2 is 0.806 bits per heavy atom. The fourth-order valence-corrected chi connectivity index (χ4v) is 9.95. The fraction of sp³-hybridized carbons (Fsp3) is 0. The van der Waals surface area contributed by atoms with E-state index in [2.05, 4.69) is 218 Å². The number of para-hydroxylation sites is 2. The lowest BCUT2D eigenvalue weighted by Gasteiger charge is -2.17. The number of rotatable bonds is 7. The van der Waals surface area contributed by atoms with Gasteiger partial charge in [-0.05, 0) is 75.0 Å². The predicted octanol–water partition coefficient (Wildman–Crippen LogP) is 16.9. The molecule has 0 spiro atoms. The highest BCUT2D eigenvalue weighted by Crippen LogP contribution is 2.47. The Kier molecular flexibility index (Phi) is 9.14. The van der Waals surface area contributed by atoms with Crippen molar-refractivity contribution >= 4 is 54.4 Å². The summed E-state index contributed by atoms with van der Waals surface area (Å²) < 4.78 is 6.71. The highest BCUT2D eigenvalue weighted by atomic mass is 16.3. The molecule has 4 nitrogen and oxygen atoms in total. The van der Waals surface area contributed by atoms with E-state index in [4.69, 9.17) is 19.4 Å². The van der Waals surface area contributed by atoms with E-state index in [1.165, 1.54) is 5.56 Å². The zero-order chi connectivity index (χ0) is 44.3. The lowest BCUT2D eigenvalue weighted by atomic mass is 9.88. The molecule has 0 unspecified atom stereocenters. The van der Waals surface area contributed by atoms with Crippen molar-refractivity contribution in [2.24, 2.45) is 0 Å². The molecular formula is C63H39N3O. The number of nitrogens with zero attached hydrogens (tertiary/aromatic N) is 3. The molecule has 0 radical (unpaired) electrons. The molecule has 0 saturated heterocycles. The van der Waals surface area contributed by atoms with E-state index in [1.54, 1.807) is 0 Å². The highest BCUT2D eigenvalue weighted by Gasteiger charge is 2.23. The highest BCUT2D eigenvalue weighted by molar-refractivity contribution is 6.28. The van der Waals surface area contributed by atoms with Crippen LogP contribution in [0.1, 0.15) is 0 Å². The van der Waals surface area contributed by atoms with Gasteiger partial charge in [-0.1, -0.05) is 200 Å². The van der Waals surface area contributed by atoms with E-state index in [1.807, 2.05) is 18.2 Å². The van der Waals surface area contributed by atoms with Crippen LogP contribution in [0.15, 0.2) is 241 Å². The predicted molar refractivity (Wildman–Crippen MR) is 278 cm³/mol. The molecule has 0 aliphatic heterocycles. The third-order valence-corrected chi connectivity index (χ3v) is 13.1. The second-order valence-electron chi connectivity index (χ2n) is 17.0. The van der Waals surface area contributed by atoms with Crippen LogP contribution >= 0.6 is 0 Å². The molecular weight excluding hydrogens is 815 g/mol. The Balaban J connectivity index is 1.00. The number of benzene rings is 10. The zero-order valence-electron chi connectivity index (χ0n) is 36.3. The monoisotopic (exact) mass is 853 g/mol. The van der Waals surface area contributed by atoms with Crippen LogP contribution in [0.3, 0.4) is 0 Å². The Morgan fingerprint density at radius 3 is 1.54 bits per heavy atom. The molecule has 0 aliphatic carbocycles. The Labute approximate surface area is 387 Å². The van der Waals surface area contributed by atoms with Crippen molar-refractivity contribution in [2.45, 2.75) is 0 Å². The van der Waals surface area contributed by atoms with Crippen LogP contribution in [0.25, 0.3) is 133 Å². The van der Waals surface area contributed by atoms with Crippen molar-refractivity contribution in [1.82, 2.24) is 15.0 Å². The van der Waals surface area contributed by atoms with Crippen LogP contribution in [-0.4, -0.2) is 15.0 Å². The molecule has 0 saturated carbocycles. The first kappa shape index (κ1) is 38.5. The summed E-state index contributed by atoms with van der Waals surface area (Å²) in [6.45, 7) is 0. The first-order valence-electron chi connectivity index (χ1n) is 22.7. The minimum Gasteiger partial charge on any atom is -0.456 e. The third-order valence-electron chi connectivity index (χ3n) is 13.1. The summed E-state index contributed by atoms with van der Waals surface area (Å²) in [4.78, 5) is 15.9. The van der Waals surface area contributed by atoms with Crippen molar-refractivity contribution in [1.29, 1.82) is 0 Å². The van der Waals surface area contributed by atoms with Gasteiger partial charge in [0.2, 0.25) is 0 Å². The van der Waals surface area contributed by atoms with Crippen LogP contribution in [0.2, 0.25) is 0 Å². The smallest absolute Gasteiger partial charge is 0.161 e. The minimum absolute atomic E-state index is 0.680. The van der Waals surface area contributed by atoms with Gasteiger partial charge in [0, 0.05) is 54.7 Å². The van der Waals surface area contributed by atoms with Crippen molar-refractivity contribution in [3.8, 4) is 78.5 Å². The summed E-state index contributed by atoms with van der Waals surface area (Å²) in [6, 6.07) is 83.3. The molecule has 0 amide bonds. The first-order valence-corrected chi connectivity index (χ1v) is 22.7. The van der Waals surface area contributed by atoms with Gasteiger partial charge in [0.15, 0.2) is 5.82 Å². The van der Waals surface area contributed by atoms with E-state index in [9.17, 15) is 0 Å². The van der Waals surface area contributed by atoms with Gasteiger partial charge in [0.1, 0.15) is 11.2 Å². The van der Waals surface area contributed by atoms with Gasteiger partial charge < -0.3 is 4.42 Å². The van der Waals surface area contributed by atoms with Gasteiger partial charge in [0.05, 0.1) is 22.6 Å². The van der Waals surface area contributed by atoms with Gasteiger partial charge in [0.25, 0.3) is 0 Å². The van der Waals surface area contributed by atoms with E-state index in [-0.39, 0.29) is 0 Å². The van der Waals surface area contributed by atoms with E-state index >= 15 is 0 Å². The number of aromatic nitrogens is 3. The second-order valence-corrected chi connectivity index (χ2v) is 17.0. The van der Waals surface area contributed by atoms with Crippen LogP contribution in [0.5, 0.6) is 0 Å². The largest absolute Gasteiger partial charge is 0.456 e. The lowest BCUT2D eigenvalue weighted by Crippen LogP contribution is -1.97. The molecule has 0 fully saturated rings. The Hall–Kier alpha value is -8.99. The summed E-state index contributed by atoms with van der Waals surface area (Å²) in [5, 5.41) is 7.69. The van der Waals surface area contributed by atoms with Crippen LogP contribution in [0.4, 0.5) is 0 Å². The van der Waals surface area contributed by atoms with Gasteiger partial charge in [-0.2, -0.15) is 0 Å². The molecule has 4 heteroatoms. The normalized spacial score (nSPS) is 11.6. The van der Waals surface area contributed by atoms with E-state index < -0.39 is 0 Å². The maximum absolute atomic E-state index is 6.71. The average Bonchev–Trinajstić information content (AvgIpc) is 3.78. The fourth-order valence-electron chi connectivity index (χ4n) is 9.95. The summed E-state index contributed by atoms with van der Waals surface area (Å²) in [7, 11) is 0. The molecule has 0 atom stereocenters. The van der Waals surface area contributed by atoms with Crippen molar-refractivity contribution < 1.29 is 4.42 Å².